The number of esters is 2. The summed E-state index contributed by atoms with van der Waals surface area (Å²) >= 11 is 0. The summed E-state index contributed by atoms with van der Waals surface area (Å²) < 4.78 is 28.7. The zero-order valence-corrected chi connectivity index (χ0v) is 25.5. The number of methoxy groups -OCH3 is 1. The Labute approximate surface area is 248 Å². The zero-order chi connectivity index (χ0) is 30.2. The van der Waals surface area contributed by atoms with E-state index in [9.17, 15) is 24.9 Å². The second-order valence-corrected chi connectivity index (χ2v) is 14.5. The molecular formula is C32H48O10. The third-order valence-electron chi connectivity index (χ3n) is 12.6. The lowest BCUT2D eigenvalue weighted by atomic mass is 9.43. The second kappa shape index (κ2) is 10.8. The first-order valence-electron chi connectivity index (χ1n) is 15.8. The lowest BCUT2D eigenvalue weighted by Crippen LogP contribution is -2.62. The largest absolute Gasteiger partial charge is 0.462 e. The zero-order valence-electron chi connectivity index (χ0n) is 25.5. The highest BCUT2D eigenvalue weighted by Gasteiger charge is 2.71. The van der Waals surface area contributed by atoms with Crippen LogP contribution in [0.15, 0.2) is 11.6 Å². The highest BCUT2D eigenvalue weighted by molar-refractivity contribution is 5.85. The van der Waals surface area contributed by atoms with Gasteiger partial charge in [0.1, 0.15) is 31.0 Å². The van der Waals surface area contributed by atoms with Gasteiger partial charge >= 0.3 is 11.9 Å². The summed E-state index contributed by atoms with van der Waals surface area (Å²) in [4.78, 5) is 24.2. The molecule has 0 radical (unpaired) electrons. The monoisotopic (exact) mass is 592 g/mol. The molecule has 0 aromatic heterocycles. The molecule has 0 aromatic rings. The number of ether oxygens (including phenoxy) is 5. The molecule has 2 aliphatic heterocycles. The molecule has 4 aliphatic carbocycles. The van der Waals surface area contributed by atoms with Crippen LogP contribution < -0.4 is 0 Å². The fourth-order valence-corrected chi connectivity index (χ4v) is 10.4. The van der Waals surface area contributed by atoms with E-state index in [4.69, 9.17) is 23.7 Å². The second-order valence-electron chi connectivity index (χ2n) is 14.5. The quantitative estimate of drug-likeness (QED) is 0.322. The van der Waals surface area contributed by atoms with Crippen LogP contribution in [0.3, 0.4) is 0 Å². The molecule has 236 valence electrons. The summed E-state index contributed by atoms with van der Waals surface area (Å²) in [5, 5.41) is 33.8. The lowest BCUT2D eigenvalue weighted by Gasteiger charge is -2.63. The Bertz CT molecular complexity index is 1110. The van der Waals surface area contributed by atoms with E-state index in [1.54, 1.807) is 6.92 Å². The van der Waals surface area contributed by atoms with Crippen molar-refractivity contribution in [3.05, 3.63) is 11.6 Å². The molecule has 0 amide bonds. The number of carbonyl (C=O) groups excluding carboxylic acids is 2. The fourth-order valence-electron chi connectivity index (χ4n) is 10.4. The maximum Gasteiger partial charge on any atom is 0.331 e. The van der Waals surface area contributed by atoms with Crippen molar-refractivity contribution in [3.8, 4) is 0 Å². The molecule has 10 nitrogen and oxygen atoms in total. The SMILES string of the molecule is CO[C@H]1[C@H](O)[C@@H](O[C@H]2CC[C@@]3(C)[C@H](CC[C@H]4[C@@H]3CC[C@]3(C)[C@@H](C5=CC(=O)OC5)[C@@H](OC(C)=O)C[C@]43O)C2)O[C@@H](C)[C@@H]1O. The molecule has 2 heterocycles. The van der Waals surface area contributed by atoms with Crippen molar-refractivity contribution in [2.45, 2.75) is 128 Å². The van der Waals surface area contributed by atoms with Gasteiger partial charge in [0.15, 0.2) is 6.29 Å². The molecule has 0 unspecified atom stereocenters. The topological polar surface area (TPSA) is 141 Å². The van der Waals surface area contributed by atoms with Crippen molar-refractivity contribution in [2.75, 3.05) is 13.7 Å². The van der Waals surface area contributed by atoms with Crippen LogP contribution in [0.4, 0.5) is 0 Å². The number of aliphatic hydroxyl groups excluding tert-OH is 2. The Morgan fingerprint density at radius 1 is 1.07 bits per heavy atom. The molecule has 0 spiro atoms. The maximum atomic E-state index is 12.7. The van der Waals surface area contributed by atoms with E-state index in [1.165, 1.54) is 20.1 Å². The minimum absolute atomic E-state index is 0.0190. The Morgan fingerprint density at radius 3 is 2.50 bits per heavy atom. The summed E-state index contributed by atoms with van der Waals surface area (Å²) in [6, 6.07) is 0. The van der Waals surface area contributed by atoms with Gasteiger partial charge < -0.3 is 39.0 Å². The molecule has 3 N–H and O–H groups in total. The van der Waals surface area contributed by atoms with Crippen LogP contribution in [0.5, 0.6) is 0 Å². The van der Waals surface area contributed by atoms with Gasteiger partial charge in [-0.3, -0.25) is 4.79 Å². The Hall–Kier alpha value is -1.56. The summed E-state index contributed by atoms with van der Waals surface area (Å²) in [6.45, 7) is 7.85. The number of hydrogen-bond donors (Lipinski definition) is 3. The minimum Gasteiger partial charge on any atom is -0.462 e. The summed E-state index contributed by atoms with van der Waals surface area (Å²) in [6.07, 6.45) is 3.36. The number of rotatable bonds is 5. The molecule has 42 heavy (non-hydrogen) atoms. The van der Waals surface area contributed by atoms with E-state index in [0.717, 1.165) is 50.5 Å². The van der Waals surface area contributed by atoms with Gasteiger partial charge in [-0.25, -0.2) is 4.79 Å². The van der Waals surface area contributed by atoms with Gasteiger partial charge in [-0.1, -0.05) is 13.8 Å². The number of hydrogen-bond acceptors (Lipinski definition) is 10. The highest BCUT2D eigenvalue weighted by Crippen LogP contribution is 2.70. The van der Waals surface area contributed by atoms with Crippen molar-refractivity contribution in [3.63, 3.8) is 0 Å². The predicted molar refractivity (Wildman–Crippen MR) is 149 cm³/mol. The van der Waals surface area contributed by atoms with Crippen LogP contribution in [0.1, 0.15) is 79.1 Å². The first-order chi connectivity index (χ1) is 19.8. The molecule has 0 bridgehead atoms. The molecule has 6 rings (SSSR count). The number of cyclic esters (lactones) is 1. The van der Waals surface area contributed by atoms with Crippen LogP contribution in [-0.4, -0.2) is 89.5 Å². The van der Waals surface area contributed by atoms with E-state index in [1.807, 2.05) is 0 Å². The first-order valence-corrected chi connectivity index (χ1v) is 15.8. The third-order valence-corrected chi connectivity index (χ3v) is 12.6. The van der Waals surface area contributed by atoms with Gasteiger partial charge in [0.25, 0.3) is 0 Å². The van der Waals surface area contributed by atoms with Crippen molar-refractivity contribution in [1.82, 2.24) is 0 Å². The van der Waals surface area contributed by atoms with Gasteiger partial charge in [-0.15, -0.1) is 0 Å². The van der Waals surface area contributed by atoms with Gasteiger partial charge in [-0.2, -0.15) is 0 Å². The Balaban J connectivity index is 1.20. The fraction of sp³-hybridized carbons (Fsp3) is 0.875. The van der Waals surface area contributed by atoms with Crippen LogP contribution in [0.2, 0.25) is 0 Å². The Kier molecular flexibility index (Phi) is 7.84. The van der Waals surface area contributed by atoms with Crippen LogP contribution >= 0.6 is 0 Å². The molecular weight excluding hydrogens is 544 g/mol. The predicted octanol–water partition coefficient (Wildman–Crippen LogP) is 2.65. The Morgan fingerprint density at radius 2 is 1.83 bits per heavy atom. The average Bonchev–Trinajstić information content (AvgIpc) is 3.44. The van der Waals surface area contributed by atoms with Crippen LogP contribution in [0, 0.1) is 34.5 Å². The minimum atomic E-state index is -1.08. The van der Waals surface area contributed by atoms with E-state index in [0.29, 0.717) is 18.3 Å². The summed E-state index contributed by atoms with van der Waals surface area (Å²) in [5.41, 5.74) is -0.720. The molecule has 4 saturated carbocycles. The summed E-state index contributed by atoms with van der Waals surface area (Å²) in [7, 11) is 1.47. The van der Waals surface area contributed by atoms with Gasteiger partial charge in [0, 0.05) is 37.9 Å². The average molecular weight is 593 g/mol. The standard InChI is InChI=1S/C32H48O10/c1-16-26(35)28(38-5)27(36)29(40-16)42-20-8-10-30(3)19(13-20)6-7-22-21(30)9-11-31(4)25(18-12-24(34)39-15-18)23(41-17(2)33)14-32(22,31)37/h12,16,19-23,25-29,35-37H,6-11,13-15H2,1-5H3/t16-,19+,20-,21-,22-,23-,25-,26-,27-,28+,29+,30-,31+,32-/m0/s1. The van der Waals surface area contributed by atoms with Gasteiger partial charge in [0.05, 0.1) is 17.8 Å². The lowest BCUT2D eigenvalue weighted by molar-refractivity contribution is -0.313. The van der Waals surface area contributed by atoms with Crippen molar-refractivity contribution in [2.24, 2.45) is 34.5 Å². The van der Waals surface area contributed by atoms with E-state index in [2.05, 4.69) is 13.8 Å². The number of carbonyl (C=O) groups is 2. The molecule has 10 heteroatoms. The summed E-state index contributed by atoms with van der Waals surface area (Å²) in [5.74, 6) is -0.234. The molecule has 5 fully saturated rings. The van der Waals surface area contributed by atoms with Crippen LogP contribution in [-0.2, 0) is 33.3 Å². The number of fused-ring (bicyclic) bond motifs is 5. The maximum absolute atomic E-state index is 12.7. The normalized spacial score (nSPS) is 52.0. The van der Waals surface area contributed by atoms with Crippen molar-refractivity contribution >= 4 is 11.9 Å². The van der Waals surface area contributed by atoms with Gasteiger partial charge in [-0.05, 0) is 80.6 Å². The van der Waals surface area contributed by atoms with Gasteiger partial charge in [0.2, 0.25) is 0 Å². The van der Waals surface area contributed by atoms with E-state index < -0.39 is 47.8 Å². The van der Waals surface area contributed by atoms with Crippen molar-refractivity contribution in [1.29, 1.82) is 0 Å². The van der Waals surface area contributed by atoms with Crippen LogP contribution in [0.25, 0.3) is 0 Å². The van der Waals surface area contributed by atoms with E-state index in [-0.39, 0.29) is 41.9 Å². The third kappa shape index (κ3) is 4.58. The van der Waals surface area contributed by atoms with E-state index >= 15 is 0 Å². The highest BCUT2D eigenvalue weighted by atomic mass is 16.7. The van der Waals surface area contributed by atoms with Crippen molar-refractivity contribution < 1.29 is 48.6 Å². The molecule has 0 aromatic carbocycles. The number of aliphatic hydroxyl groups is 3. The first kappa shape index (κ1) is 30.5. The smallest absolute Gasteiger partial charge is 0.331 e. The molecule has 6 aliphatic rings. The molecule has 1 saturated heterocycles. The molecule has 14 atom stereocenters.